The van der Waals surface area contributed by atoms with Gasteiger partial charge in [0.1, 0.15) is 0 Å². The lowest BCUT2D eigenvalue weighted by molar-refractivity contribution is 0.0778. The molecule has 0 radical (unpaired) electrons. The van der Waals surface area contributed by atoms with Gasteiger partial charge in [0.2, 0.25) is 0 Å². The molecule has 0 aromatic heterocycles. The molecule has 1 rings (SSSR count). The third kappa shape index (κ3) is 9.10. The van der Waals surface area contributed by atoms with Gasteiger partial charge in [-0.25, -0.2) is 0 Å². The molecule has 0 aromatic rings. The molecule has 1 atom stereocenters. The summed E-state index contributed by atoms with van der Waals surface area (Å²) in [6, 6.07) is 0. The molecule has 1 aliphatic rings. The number of allylic oxidation sites excluding steroid dienone is 2. The lowest BCUT2D eigenvalue weighted by atomic mass is 9.87. The first kappa shape index (κ1) is 18.5. The van der Waals surface area contributed by atoms with Crippen molar-refractivity contribution in [1.82, 2.24) is 5.32 Å². The molecule has 1 saturated heterocycles. The Labute approximate surface area is 121 Å². The van der Waals surface area contributed by atoms with Gasteiger partial charge in [-0.15, -0.1) is 0 Å². The number of rotatable bonds is 2. The molecule has 1 unspecified atom stereocenters. The van der Waals surface area contributed by atoms with Crippen molar-refractivity contribution in [1.29, 1.82) is 0 Å². The van der Waals surface area contributed by atoms with Gasteiger partial charge in [-0.05, 0) is 43.2 Å². The number of nitrogens with one attached hydrogen (secondary N) is 1. The smallest absolute Gasteiger partial charge is 0.0999 e. The van der Waals surface area contributed by atoms with Crippen LogP contribution in [-0.4, -0.2) is 19.2 Å². The summed E-state index contributed by atoms with van der Waals surface area (Å²) in [5.74, 6) is 1.07. The van der Waals surface area contributed by atoms with Crippen LogP contribution in [-0.2, 0) is 4.74 Å². The van der Waals surface area contributed by atoms with Gasteiger partial charge < -0.3 is 10.1 Å². The summed E-state index contributed by atoms with van der Waals surface area (Å²) in [5, 5.41) is 3.49. The fraction of sp³-hybridized carbons (Fsp3) is 0.882. The van der Waals surface area contributed by atoms with Crippen LogP contribution in [0.25, 0.3) is 0 Å². The summed E-state index contributed by atoms with van der Waals surface area (Å²) in [5.41, 5.74) is 0.533. The van der Waals surface area contributed by atoms with E-state index in [4.69, 9.17) is 4.74 Å². The lowest BCUT2D eigenvalue weighted by Crippen LogP contribution is -2.27. The molecular formula is C17H35NO. The van der Waals surface area contributed by atoms with Crippen molar-refractivity contribution in [2.24, 2.45) is 10.8 Å². The molecule has 0 amide bonds. The van der Waals surface area contributed by atoms with Gasteiger partial charge in [0.25, 0.3) is 0 Å². The first-order valence-corrected chi connectivity index (χ1v) is 7.75. The Balaban J connectivity index is 0.00000154. The van der Waals surface area contributed by atoms with Crippen LogP contribution in [0.4, 0.5) is 0 Å². The second-order valence-electron chi connectivity index (χ2n) is 7.19. The van der Waals surface area contributed by atoms with Crippen LogP contribution in [0.15, 0.2) is 11.8 Å². The molecule has 1 N–H and O–H groups in total. The highest BCUT2D eigenvalue weighted by atomic mass is 16.5. The zero-order valence-electron chi connectivity index (χ0n) is 14.4. The monoisotopic (exact) mass is 269 g/mol. The minimum Gasteiger partial charge on any atom is -0.495 e. The largest absolute Gasteiger partial charge is 0.495 e. The summed E-state index contributed by atoms with van der Waals surface area (Å²) >= 11 is 0. The number of ether oxygens (including phenoxy) is 1. The van der Waals surface area contributed by atoms with Crippen LogP contribution < -0.4 is 5.32 Å². The Morgan fingerprint density at radius 3 is 2.37 bits per heavy atom. The maximum absolute atomic E-state index is 6.10. The minimum atomic E-state index is 0.197. The van der Waals surface area contributed by atoms with Gasteiger partial charge in [0, 0.05) is 6.54 Å². The normalized spacial score (nSPS) is 24.0. The second kappa shape index (κ2) is 7.94. The predicted molar refractivity (Wildman–Crippen MR) is 85.3 cm³/mol. The first-order valence-electron chi connectivity index (χ1n) is 7.75. The van der Waals surface area contributed by atoms with Gasteiger partial charge in [0.15, 0.2) is 0 Å². The summed E-state index contributed by atoms with van der Waals surface area (Å²) < 4.78 is 6.10. The molecule has 0 bridgehead atoms. The Bertz CT molecular complexity index is 273. The van der Waals surface area contributed by atoms with Crippen LogP contribution in [0.1, 0.15) is 68.2 Å². The molecule has 19 heavy (non-hydrogen) atoms. The van der Waals surface area contributed by atoms with Crippen molar-refractivity contribution < 1.29 is 4.74 Å². The molecule has 114 valence electrons. The molecule has 1 fully saturated rings. The van der Waals surface area contributed by atoms with Crippen molar-refractivity contribution in [2.75, 3.05) is 13.1 Å². The average Bonchev–Trinajstić information content (AvgIpc) is 2.39. The van der Waals surface area contributed by atoms with Crippen molar-refractivity contribution in [3.63, 3.8) is 0 Å². The van der Waals surface area contributed by atoms with Crippen LogP contribution in [0.2, 0.25) is 0 Å². The van der Waals surface area contributed by atoms with Gasteiger partial charge >= 0.3 is 0 Å². The van der Waals surface area contributed by atoms with Crippen LogP contribution in [0.5, 0.6) is 0 Å². The molecule has 2 heteroatoms. The van der Waals surface area contributed by atoms with E-state index in [2.05, 4.69) is 52.9 Å². The van der Waals surface area contributed by atoms with Crippen molar-refractivity contribution in [3.05, 3.63) is 11.8 Å². The third-order valence-corrected chi connectivity index (χ3v) is 3.02. The van der Waals surface area contributed by atoms with Crippen LogP contribution >= 0.6 is 0 Å². The molecule has 1 heterocycles. The predicted octanol–water partition coefficient (Wildman–Crippen LogP) is 4.76. The molecule has 1 aliphatic heterocycles. The van der Waals surface area contributed by atoms with Crippen LogP contribution in [0.3, 0.4) is 0 Å². The Kier molecular flexibility index (Phi) is 7.73. The van der Waals surface area contributed by atoms with E-state index < -0.39 is 0 Å². The maximum atomic E-state index is 6.10. The summed E-state index contributed by atoms with van der Waals surface area (Å²) in [4.78, 5) is 0. The highest BCUT2D eigenvalue weighted by molar-refractivity contribution is 4.98. The second-order valence-corrected chi connectivity index (χ2v) is 7.19. The Hall–Kier alpha value is -0.500. The molecule has 0 spiro atoms. The lowest BCUT2D eigenvalue weighted by Gasteiger charge is -2.27. The van der Waals surface area contributed by atoms with Gasteiger partial charge in [-0.1, -0.05) is 48.5 Å². The fourth-order valence-electron chi connectivity index (χ4n) is 2.49. The molecular weight excluding hydrogens is 234 g/mol. The number of hydrogen-bond donors (Lipinski definition) is 1. The van der Waals surface area contributed by atoms with E-state index >= 15 is 0 Å². The zero-order valence-corrected chi connectivity index (χ0v) is 14.4. The molecule has 0 saturated carbocycles. The van der Waals surface area contributed by atoms with Gasteiger partial charge in [-0.2, -0.15) is 0 Å². The van der Waals surface area contributed by atoms with Gasteiger partial charge in [-0.3, -0.25) is 0 Å². The molecule has 2 nitrogen and oxygen atoms in total. The Morgan fingerprint density at radius 2 is 1.84 bits per heavy atom. The number of hydrogen-bond acceptors (Lipinski definition) is 2. The highest BCUT2D eigenvalue weighted by Gasteiger charge is 2.27. The summed E-state index contributed by atoms with van der Waals surface area (Å²) in [6.07, 6.45) is 4.82. The van der Waals surface area contributed by atoms with E-state index in [1.54, 1.807) is 0 Å². The first-order chi connectivity index (χ1) is 8.68. The van der Waals surface area contributed by atoms with E-state index in [0.29, 0.717) is 11.5 Å². The van der Waals surface area contributed by atoms with E-state index in [1.807, 2.05) is 13.8 Å². The fourth-order valence-corrected chi connectivity index (χ4v) is 2.49. The van der Waals surface area contributed by atoms with E-state index in [0.717, 1.165) is 31.7 Å². The maximum Gasteiger partial charge on any atom is 0.0999 e. The third-order valence-electron chi connectivity index (χ3n) is 3.02. The molecule has 0 aliphatic carbocycles. The standard InChI is InChI=1S/C15H29NO.C2H6/c1-12(9-14(2,3)4)17-13-7-8-16-11-15(5,6)10-13;1-2/h9,13,16H,7-8,10-11H2,1-6H3;1-2H3/b12-9+;. The quantitative estimate of drug-likeness (QED) is 0.730. The van der Waals surface area contributed by atoms with Crippen molar-refractivity contribution in [3.8, 4) is 0 Å². The summed E-state index contributed by atoms with van der Waals surface area (Å²) in [7, 11) is 0. The van der Waals surface area contributed by atoms with E-state index in [-0.39, 0.29) is 5.41 Å². The minimum absolute atomic E-state index is 0.197. The summed E-state index contributed by atoms with van der Waals surface area (Å²) in [6.45, 7) is 19.5. The molecule has 0 aromatic carbocycles. The Morgan fingerprint density at radius 1 is 1.26 bits per heavy atom. The van der Waals surface area contributed by atoms with E-state index in [9.17, 15) is 0 Å². The van der Waals surface area contributed by atoms with Crippen molar-refractivity contribution in [2.45, 2.75) is 74.3 Å². The van der Waals surface area contributed by atoms with Crippen LogP contribution in [0, 0.1) is 10.8 Å². The van der Waals surface area contributed by atoms with Crippen molar-refractivity contribution >= 4 is 0 Å². The SMILES string of the molecule is C/C(=C\C(C)(C)C)OC1CCNCC(C)(C)C1.CC. The average molecular weight is 269 g/mol. The topological polar surface area (TPSA) is 21.3 Å². The zero-order chi connectivity index (χ0) is 15.1. The van der Waals surface area contributed by atoms with E-state index in [1.165, 1.54) is 0 Å². The van der Waals surface area contributed by atoms with Gasteiger partial charge in [0.05, 0.1) is 11.9 Å². The highest BCUT2D eigenvalue weighted by Crippen LogP contribution is 2.28.